The molecule has 0 spiro atoms. The molecule has 3 rings (SSSR count). The van der Waals surface area contributed by atoms with Crippen LogP contribution in [0.2, 0.25) is 0 Å². The molecule has 1 aromatic heterocycles. The van der Waals surface area contributed by atoms with Crippen LogP contribution in [0.15, 0.2) is 54.7 Å². The van der Waals surface area contributed by atoms with E-state index in [1.54, 1.807) is 45.0 Å². The van der Waals surface area contributed by atoms with Crippen molar-refractivity contribution in [2.24, 2.45) is 5.92 Å². The first-order chi connectivity index (χ1) is 17.9. The average molecular weight is 518 g/mol. The normalized spacial score (nSPS) is 12.9. The smallest absolute Gasteiger partial charge is 0.408 e. The van der Waals surface area contributed by atoms with E-state index in [-0.39, 0.29) is 12.3 Å². The van der Waals surface area contributed by atoms with Gasteiger partial charge in [0.25, 0.3) is 0 Å². The van der Waals surface area contributed by atoms with Gasteiger partial charge >= 0.3 is 6.09 Å². The summed E-state index contributed by atoms with van der Waals surface area (Å²) in [6, 6.07) is 14.4. The fourth-order valence-corrected chi connectivity index (χ4v) is 4.01. The number of H-pyrrole nitrogens is 1. The lowest BCUT2D eigenvalue weighted by atomic mass is 10.0. The van der Waals surface area contributed by atoms with Crippen molar-refractivity contribution in [1.29, 1.82) is 5.26 Å². The van der Waals surface area contributed by atoms with Crippen LogP contribution in [0.3, 0.4) is 0 Å². The third-order valence-electron chi connectivity index (χ3n) is 5.73. The third kappa shape index (κ3) is 8.10. The SMILES string of the molecule is CC(C)C[C@H](NC(=O)OC(C)(C)C)C(=O)N[C@@H](Cc1c[nH]c2ccccc12)C(=O)Nc1ccc(C#N)cc1. The Morgan fingerprint density at radius 3 is 2.29 bits per heavy atom. The highest BCUT2D eigenvalue weighted by molar-refractivity contribution is 5.99. The van der Waals surface area contributed by atoms with E-state index in [2.05, 4.69) is 20.9 Å². The van der Waals surface area contributed by atoms with Crippen LogP contribution in [0, 0.1) is 17.2 Å². The number of benzene rings is 2. The minimum atomic E-state index is -0.938. The summed E-state index contributed by atoms with van der Waals surface area (Å²) in [7, 11) is 0. The molecule has 3 amide bonds. The number of carbonyl (C=O) groups excluding carboxylic acids is 3. The number of rotatable bonds is 9. The highest BCUT2D eigenvalue weighted by Gasteiger charge is 2.29. The molecule has 0 aliphatic carbocycles. The summed E-state index contributed by atoms with van der Waals surface area (Å²) in [5.41, 5.74) is 2.03. The summed E-state index contributed by atoms with van der Waals surface area (Å²) in [4.78, 5) is 42.5. The van der Waals surface area contributed by atoms with Gasteiger partial charge in [-0.15, -0.1) is 0 Å². The summed E-state index contributed by atoms with van der Waals surface area (Å²) in [6.45, 7) is 9.12. The number of aromatic nitrogens is 1. The number of alkyl carbamates (subject to hydrolysis) is 1. The fraction of sp³-hybridized carbons (Fsp3) is 0.379. The number of hydrogen-bond donors (Lipinski definition) is 4. The lowest BCUT2D eigenvalue weighted by Crippen LogP contribution is -2.54. The number of amides is 3. The highest BCUT2D eigenvalue weighted by Crippen LogP contribution is 2.20. The molecule has 0 bridgehead atoms. The van der Waals surface area contributed by atoms with E-state index >= 15 is 0 Å². The van der Waals surface area contributed by atoms with Crippen LogP contribution >= 0.6 is 0 Å². The van der Waals surface area contributed by atoms with Gasteiger partial charge in [-0.2, -0.15) is 5.26 Å². The monoisotopic (exact) mass is 517 g/mol. The predicted octanol–water partition coefficient (Wildman–Crippen LogP) is 4.64. The van der Waals surface area contributed by atoms with Gasteiger partial charge in [-0.25, -0.2) is 4.79 Å². The molecule has 0 unspecified atom stereocenters. The number of fused-ring (bicyclic) bond motifs is 1. The van der Waals surface area contributed by atoms with E-state index in [4.69, 9.17) is 10.00 Å². The first kappa shape index (κ1) is 28.3. The van der Waals surface area contributed by atoms with E-state index in [1.165, 1.54) is 0 Å². The number of ether oxygens (including phenoxy) is 1. The van der Waals surface area contributed by atoms with Gasteiger partial charge in [0.15, 0.2) is 0 Å². The first-order valence-electron chi connectivity index (χ1n) is 12.6. The minimum Gasteiger partial charge on any atom is -0.444 e. The van der Waals surface area contributed by atoms with Crippen molar-refractivity contribution in [3.63, 3.8) is 0 Å². The molecule has 2 atom stereocenters. The quantitative estimate of drug-likeness (QED) is 0.328. The molecule has 0 aliphatic heterocycles. The lowest BCUT2D eigenvalue weighted by molar-refractivity contribution is -0.128. The molecule has 200 valence electrons. The van der Waals surface area contributed by atoms with Crippen molar-refractivity contribution in [1.82, 2.24) is 15.6 Å². The van der Waals surface area contributed by atoms with E-state index in [0.29, 0.717) is 17.7 Å². The number of nitrogens with zero attached hydrogens (tertiary/aromatic N) is 1. The van der Waals surface area contributed by atoms with Crippen molar-refractivity contribution >= 4 is 34.5 Å². The van der Waals surface area contributed by atoms with Crippen LogP contribution in [-0.4, -0.2) is 40.6 Å². The Bertz CT molecular complexity index is 1320. The molecule has 0 radical (unpaired) electrons. The Labute approximate surface area is 222 Å². The van der Waals surface area contributed by atoms with Gasteiger partial charge in [0.05, 0.1) is 11.6 Å². The molecule has 1 heterocycles. The van der Waals surface area contributed by atoms with E-state index < -0.39 is 35.6 Å². The zero-order chi connectivity index (χ0) is 27.9. The van der Waals surface area contributed by atoms with Crippen LogP contribution in [0.1, 0.15) is 52.2 Å². The second-order valence-electron chi connectivity index (χ2n) is 10.6. The van der Waals surface area contributed by atoms with E-state index in [0.717, 1.165) is 16.5 Å². The Balaban J connectivity index is 1.84. The van der Waals surface area contributed by atoms with Gasteiger partial charge in [0, 0.05) is 29.2 Å². The van der Waals surface area contributed by atoms with Gasteiger partial charge in [-0.3, -0.25) is 9.59 Å². The maximum atomic E-state index is 13.4. The van der Waals surface area contributed by atoms with Crippen LogP contribution in [0.4, 0.5) is 10.5 Å². The lowest BCUT2D eigenvalue weighted by Gasteiger charge is -2.26. The maximum Gasteiger partial charge on any atom is 0.408 e. The molecule has 3 aromatic rings. The van der Waals surface area contributed by atoms with Crippen molar-refractivity contribution in [3.8, 4) is 6.07 Å². The number of aromatic amines is 1. The summed E-state index contributed by atoms with van der Waals surface area (Å²) in [5, 5.41) is 18.3. The van der Waals surface area contributed by atoms with E-state index in [9.17, 15) is 14.4 Å². The van der Waals surface area contributed by atoms with Crippen molar-refractivity contribution in [2.75, 3.05) is 5.32 Å². The molecule has 38 heavy (non-hydrogen) atoms. The number of nitriles is 1. The second kappa shape index (κ2) is 12.3. The van der Waals surface area contributed by atoms with Crippen LogP contribution in [0.5, 0.6) is 0 Å². The topological polar surface area (TPSA) is 136 Å². The van der Waals surface area contributed by atoms with Crippen molar-refractivity contribution < 1.29 is 19.1 Å². The molecule has 0 aliphatic rings. The summed E-state index contributed by atoms with van der Waals surface area (Å²) < 4.78 is 5.35. The fourth-order valence-electron chi connectivity index (χ4n) is 4.01. The molecular formula is C29H35N5O4. The molecular weight excluding hydrogens is 482 g/mol. The standard InChI is InChI=1S/C29H35N5O4/c1-18(2)14-24(34-28(37)38-29(3,4)5)27(36)33-25(15-20-17-31-23-9-7-6-8-22(20)23)26(35)32-21-12-10-19(16-30)11-13-21/h6-13,17-18,24-25,31H,14-15H2,1-5H3,(H,32,35)(H,33,36)(H,34,37)/t24-,25-/m0/s1. The number of para-hydroxylation sites is 1. The van der Waals surface area contributed by atoms with E-state index in [1.807, 2.05) is 50.4 Å². The Morgan fingerprint density at radius 2 is 1.66 bits per heavy atom. The second-order valence-corrected chi connectivity index (χ2v) is 10.6. The van der Waals surface area contributed by atoms with Gasteiger partial charge in [-0.05, 0) is 69.0 Å². The molecule has 9 heteroatoms. The molecule has 0 saturated carbocycles. The number of hydrogen-bond acceptors (Lipinski definition) is 5. The highest BCUT2D eigenvalue weighted by atomic mass is 16.6. The molecule has 0 fully saturated rings. The van der Waals surface area contributed by atoms with Gasteiger partial charge in [-0.1, -0.05) is 32.0 Å². The van der Waals surface area contributed by atoms with Gasteiger partial charge < -0.3 is 25.7 Å². The largest absolute Gasteiger partial charge is 0.444 e. The molecule has 4 N–H and O–H groups in total. The number of nitrogens with one attached hydrogen (secondary N) is 4. The van der Waals surface area contributed by atoms with Crippen LogP contribution in [-0.2, 0) is 20.7 Å². The zero-order valence-electron chi connectivity index (χ0n) is 22.4. The van der Waals surface area contributed by atoms with Crippen molar-refractivity contribution in [2.45, 2.75) is 65.1 Å². The zero-order valence-corrected chi connectivity index (χ0v) is 22.4. The first-order valence-corrected chi connectivity index (χ1v) is 12.6. The number of carbonyl (C=O) groups is 3. The summed E-state index contributed by atoms with van der Waals surface area (Å²) in [5.74, 6) is -0.807. The Morgan fingerprint density at radius 1 is 0.974 bits per heavy atom. The van der Waals surface area contributed by atoms with Crippen LogP contribution in [0.25, 0.3) is 10.9 Å². The van der Waals surface area contributed by atoms with Gasteiger partial charge in [0.2, 0.25) is 11.8 Å². The third-order valence-corrected chi connectivity index (χ3v) is 5.73. The maximum absolute atomic E-state index is 13.4. The molecule has 9 nitrogen and oxygen atoms in total. The summed E-state index contributed by atoms with van der Waals surface area (Å²) in [6.07, 6.45) is 1.71. The van der Waals surface area contributed by atoms with Crippen molar-refractivity contribution in [3.05, 3.63) is 65.9 Å². The number of anilines is 1. The van der Waals surface area contributed by atoms with Gasteiger partial charge in [0.1, 0.15) is 17.7 Å². The summed E-state index contributed by atoms with van der Waals surface area (Å²) >= 11 is 0. The predicted molar refractivity (Wildman–Crippen MR) is 146 cm³/mol. The Kier molecular flexibility index (Phi) is 9.13. The average Bonchev–Trinajstić information content (AvgIpc) is 3.25. The minimum absolute atomic E-state index is 0.0974. The molecule has 2 aromatic carbocycles. The Hall–Kier alpha value is -4.32. The van der Waals surface area contributed by atoms with Crippen LogP contribution < -0.4 is 16.0 Å². The molecule has 0 saturated heterocycles.